The van der Waals surface area contributed by atoms with E-state index in [2.05, 4.69) is 32.4 Å². The predicted octanol–water partition coefficient (Wildman–Crippen LogP) is 2.32. The largest absolute Gasteiger partial charge is 0.297 e. The van der Waals surface area contributed by atoms with Gasteiger partial charge in [0.1, 0.15) is 5.54 Å². The first kappa shape index (κ1) is 13.2. The molecule has 0 amide bonds. The van der Waals surface area contributed by atoms with Crippen molar-refractivity contribution in [3.8, 4) is 6.07 Å². The predicted molar refractivity (Wildman–Crippen MR) is 66.8 cm³/mol. The molecule has 0 saturated carbocycles. The molecule has 0 bridgehead atoms. The van der Waals surface area contributed by atoms with Crippen LogP contribution in [0.3, 0.4) is 0 Å². The van der Waals surface area contributed by atoms with Crippen molar-refractivity contribution >= 4 is 15.9 Å². The lowest BCUT2D eigenvalue weighted by atomic mass is 9.99. The summed E-state index contributed by atoms with van der Waals surface area (Å²) < 4.78 is 2.80. The monoisotopic (exact) mass is 284 g/mol. The van der Waals surface area contributed by atoms with Gasteiger partial charge in [-0.25, -0.2) is 0 Å². The van der Waals surface area contributed by atoms with Crippen LogP contribution in [-0.2, 0) is 6.54 Å². The first-order valence-electron chi connectivity index (χ1n) is 5.32. The van der Waals surface area contributed by atoms with Gasteiger partial charge in [-0.3, -0.25) is 10.00 Å². The Kier molecular flexibility index (Phi) is 4.51. The second kappa shape index (κ2) is 5.46. The lowest BCUT2D eigenvalue weighted by Gasteiger charge is -2.25. The van der Waals surface area contributed by atoms with Crippen LogP contribution >= 0.6 is 15.9 Å². The number of nitrogens with zero attached hydrogens (tertiary/aromatic N) is 3. The summed E-state index contributed by atoms with van der Waals surface area (Å²) in [6.07, 6.45) is 4.39. The number of halogens is 1. The van der Waals surface area contributed by atoms with Gasteiger partial charge in [0.15, 0.2) is 0 Å². The summed E-state index contributed by atoms with van der Waals surface area (Å²) in [5, 5.41) is 16.6. The van der Waals surface area contributed by atoms with Crippen LogP contribution in [0, 0.1) is 11.3 Å². The zero-order valence-electron chi connectivity index (χ0n) is 9.87. The van der Waals surface area contributed by atoms with Gasteiger partial charge in [-0.1, -0.05) is 0 Å². The summed E-state index contributed by atoms with van der Waals surface area (Å²) in [4.78, 5) is 0. The molecule has 0 aliphatic heterocycles. The fourth-order valence-corrected chi connectivity index (χ4v) is 1.92. The molecule has 0 aliphatic rings. The fourth-order valence-electron chi connectivity index (χ4n) is 1.60. The Morgan fingerprint density at radius 1 is 1.69 bits per heavy atom. The Balaban J connectivity index is 2.55. The van der Waals surface area contributed by atoms with E-state index in [0.29, 0.717) is 6.04 Å². The van der Waals surface area contributed by atoms with Gasteiger partial charge in [0.2, 0.25) is 0 Å². The van der Waals surface area contributed by atoms with E-state index in [9.17, 15) is 0 Å². The van der Waals surface area contributed by atoms with Gasteiger partial charge >= 0.3 is 0 Å². The van der Waals surface area contributed by atoms with Gasteiger partial charge in [-0.15, -0.1) is 0 Å². The zero-order valence-corrected chi connectivity index (χ0v) is 11.5. The van der Waals surface area contributed by atoms with Crippen LogP contribution in [0.1, 0.15) is 27.2 Å². The standard InChI is InChI=1S/C11H17BrN4/c1-9(2)15-11(3,8-13)4-5-16-7-10(12)6-14-16/h6-7,9,15H,4-5H2,1-3H3. The van der Waals surface area contributed by atoms with Crippen molar-refractivity contribution in [1.29, 1.82) is 5.26 Å². The highest BCUT2D eigenvalue weighted by Crippen LogP contribution is 2.13. The van der Waals surface area contributed by atoms with Gasteiger partial charge in [0.05, 0.1) is 16.7 Å². The summed E-state index contributed by atoms with van der Waals surface area (Å²) >= 11 is 3.35. The minimum atomic E-state index is -0.493. The fraction of sp³-hybridized carbons (Fsp3) is 0.636. The van der Waals surface area contributed by atoms with Crippen LogP contribution in [-0.4, -0.2) is 21.4 Å². The first-order valence-corrected chi connectivity index (χ1v) is 6.11. The lowest BCUT2D eigenvalue weighted by molar-refractivity contribution is 0.355. The van der Waals surface area contributed by atoms with E-state index in [1.54, 1.807) is 6.20 Å². The maximum atomic E-state index is 9.17. The van der Waals surface area contributed by atoms with E-state index in [1.807, 2.05) is 31.6 Å². The topological polar surface area (TPSA) is 53.6 Å². The van der Waals surface area contributed by atoms with E-state index in [0.717, 1.165) is 17.4 Å². The van der Waals surface area contributed by atoms with Gasteiger partial charge < -0.3 is 0 Å². The molecule has 88 valence electrons. The molecule has 1 aromatic heterocycles. The average molecular weight is 285 g/mol. The van der Waals surface area contributed by atoms with Gasteiger partial charge in [-0.2, -0.15) is 10.4 Å². The minimum Gasteiger partial charge on any atom is -0.297 e. The zero-order chi connectivity index (χ0) is 12.2. The van der Waals surface area contributed by atoms with E-state index < -0.39 is 5.54 Å². The molecule has 1 aromatic rings. The summed E-state index contributed by atoms with van der Waals surface area (Å²) in [6, 6.07) is 2.62. The molecular weight excluding hydrogens is 268 g/mol. The second-order valence-electron chi connectivity index (χ2n) is 4.41. The Morgan fingerprint density at radius 3 is 2.81 bits per heavy atom. The normalized spacial score (nSPS) is 14.8. The van der Waals surface area contributed by atoms with Gasteiger partial charge in [-0.05, 0) is 43.1 Å². The third-order valence-corrected chi connectivity index (χ3v) is 2.71. The van der Waals surface area contributed by atoms with Crippen LogP contribution in [0.5, 0.6) is 0 Å². The van der Waals surface area contributed by atoms with E-state index in [-0.39, 0.29) is 0 Å². The average Bonchev–Trinajstić information content (AvgIpc) is 2.60. The molecule has 1 unspecified atom stereocenters. The van der Waals surface area contributed by atoms with Crippen molar-refractivity contribution < 1.29 is 0 Å². The van der Waals surface area contributed by atoms with Crippen LogP contribution in [0.15, 0.2) is 16.9 Å². The third kappa shape index (κ3) is 3.95. The van der Waals surface area contributed by atoms with E-state index in [4.69, 9.17) is 5.26 Å². The lowest BCUT2D eigenvalue weighted by Crippen LogP contribution is -2.45. The van der Waals surface area contributed by atoms with Crippen molar-refractivity contribution in [2.45, 2.75) is 45.3 Å². The number of aromatic nitrogens is 2. The van der Waals surface area contributed by atoms with Crippen LogP contribution in [0.4, 0.5) is 0 Å². The quantitative estimate of drug-likeness (QED) is 0.903. The molecule has 1 N–H and O–H groups in total. The molecule has 0 aliphatic carbocycles. The van der Waals surface area contributed by atoms with Crippen molar-refractivity contribution in [3.05, 3.63) is 16.9 Å². The number of nitriles is 1. The molecule has 0 fully saturated rings. The highest BCUT2D eigenvalue weighted by Gasteiger charge is 2.24. The van der Waals surface area contributed by atoms with E-state index in [1.165, 1.54) is 0 Å². The highest BCUT2D eigenvalue weighted by atomic mass is 79.9. The summed E-state index contributed by atoms with van der Waals surface area (Å²) in [5.41, 5.74) is -0.493. The minimum absolute atomic E-state index is 0.300. The van der Waals surface area contributed by atoms with Gasteiger partial charge in [0, 0.05) is 18.8 Å². The SMILES string of the molecule is CC(C)NC(C)(C#N)CCn1cc(Br)cn1. The van der Waals surface area contributed by atoms with Crippen LogP contribution in [0.2, 0.25) is 0 Å². The maximum Gasteiger partial charge on any atom is 0.105 e. The number of aryl methyl sites for hydroxylation is 1. The number of hydrogen-bond donors (Lipinski definition) is 1. The van der Waals surface area contributed by atoms with Crippen molar-refractivity contribution in [1.82, 2.24) is 15.1 Å². The molecule has 0 aromatic carbocycles. The smallest absolute Gasteiger partial charge is 0.105 e. The summed E-state index contributed by atoms with van der Waals surface area (Å²) in [7, 11) is 0. The van der Waals surface area contributed by atoms with Crippen molar-refractivity contribution in [2.24, 2.45) is 0 Å². The summed E-state index contributed by atoms with van der Waals surface area (Å²) in [6.45, 7) is 6.74. The maximum absolute atomic E-state index is 9.17. The number of nitrogens with one attached hydrogen (secondary N) is 1. The van der Waals surface area contributed by atoms with E-state index >= 15 is 0 Å². The first-order chi connectivity index (χ1) is 7.45. The third-order valence-electron chi connectivity index (χ3n) is 2.30. The Morgan fingerprint density at radius 2 is 2.38 bits per heavy atom. The Labute approximate surface area is 105 Å². The Bertz CT molecular complexity index is 380. The molecule has 1 rings (SSSR count). The van der Waals surface area contributed by atoms with Gasteiger partial charge in [0.25, 0.3) is 0 Å². The summed E-state index contributed by atoms with van der Waals surface area (Å²) in [5.74, 6) is 0. The Hall–Kier alpha value is -0.860. The highest BCUT2D eigenvalue weighted by molar-refractivity contribution is 9.10. The molecule has 16 heavy (non-hydrogen) atoms. The second-order valence-corrected chi connectivity index (χ2v) is 5.33. The number of rotatable bonds is 5. The molecule has 4 nitrogen and oxygen atoms in total. The molecule has 0 spiro atoms. The van der Waals surface area contributed by atoms with Crippen molar-refractivity contribution in [3.63, 3.8) is 0 Å². The van der Waals surface area contributed by atoms with Crippen molar-refractivity contribution in [2.75, 3.05) is 0 Å². The molecular formula is C11H17BrN4. The molecule has 0 saturated heterocycles. The molecule has 1 atom stereocenters. The number of hydrogen-bond acceptors (Lipinski definition) is 3. The molecule has 0 radical (unpaired) electrons. The van der Waals surface area contributed by atoms with Crippen LogP contribution < -0.4 is 5.32 Å². The molecule has 5 heteroatoms. The van der Waals surface area contributed by atoms with Crippen LogP contribution in [0.25, 0.3) is 0 Å². The molecule has 1 heterocycles.